The van der Waals surface area contributed by atoms with Gasteiger partial charge in [0.25, 0.3) is 0 Å². The molecular formula is C15H17N3O3. The summed E-state index contributed by atoms with van der Waals surface area (Å²) in [5.41, 5.74) is 7.24. The zero-order valence-electron chi connectivity index (χ0n) is 11.9. The fourth-order valence-corrected chi connectivity index (χ4v) is 1.93. The Morgan fingerprint density at radius 2 is 1.95 bits per heavy atom. The van der Waals surface area contributed by atoms with Gasteiger partial charge in [-0.25, -0.2) is 0 Å². The molecular weight excluding hydrogens is 270 g/mol. The average Bonchev–Trinajstić information content (AvgIpc) is 2.37. The zero-order valence-corrected chi connectivity index (χ0v) is 11.9. The van der Waals surface area contributed by atoms with Gasteiger partial charge in [-0.1, -0.05) is 12.1 Å². The summed E-state index contributed by atoms with van der Waals surface area (Å²) in [6, 6.07) is 11.9. The van der Waals surface area contributed by atoms with Gasteiger partial charge in [0.1, 0.15) is 5.69 Å². The number of anilines is 3. The van der Waals surface area contributed by atoms with Crippen molar-refractivity contribution in [1.29, 1.82) is 0 Å². The van der Waals surface area contributed by atoms with Gasteiger partial charge in [0, 0.05) is 11.4 Å². The smallest absolute Gasteiger partial charge is 0.334 e. The van der Waals surface area contributed by atoms with Gasteiger partial charge < -0.3 is 15.8 Å². The van der Waals surface area contributed by atoms with Crippen LogP contribution in [0.3, 0.4) is 0 Å². The molecule has 2 aromatic rings. The number of nitrogens with zero attached hydrogens (tertiary/aromatic N) is 1. The topological polar surface area (TPSA) is 90.4 Å². The van der Waals surface area contributed by atoms with E-state index < -0.39 is 4.92 Å². The summed E-state index contributed by atoms with van der Waals surface area (Å²) in [5, 5.41) is 14.3. The Morgan fingerprint density at radius 1 is 1.24 bits per heavy atom. The van der Waals surface area contributed by atoms with Crippen LogP contribution in [0.25, 0.3) is 0 Å². The van der Waals surface area contributed by atoms with Gasteiger partial charge >= 0.3 is 5.69 Å². The molecule has 0 aliphatic carbocycles. The van der Waals surface area contributed by atoms with E-state index in [4.69, 9.17) is 10.5 Å². The molecule has 0 aliphatic heterocycles. The highest BCUT2D eigenvalue weighted by molar-refractivity contribution is 5.74. The van der Waals surface area contributed by atoms with Crippen molar-refractivity contribution in [2.24, 2.45) is 0 Å². The number of rotatable bonds is 5. The Labute approximate surface area is 122 Å². The van der Waals surface area contributed by atoms with Crippen molar-refractivity contribution in [3.63, 3.8) is 0 Å². The number of hydrogen-bond donors (Lipinski definition) is 2. The Kier molecular flexibility index (Phi) is 4.27. The molecule has 0 saturated carbocycles. The molecule has 0 aromatic heterocycles. The number of hydrogen-bond acceptors (Lipinski definition) is 5. The highest BCUT2D eigenvalue weighted by Crippen LogP contribution is 2.37. The number of nitro groups is 1. The largest absolute Gasteiger partial charge is 0.484 e. The molecule has 0 amide bonds. The van der Waals surface area contributed by atoms with E-state index in [-0.39, 0.29) is 17.5 Å². The van der Waals surface area contributed by atoms with E-state index in [1.807, 2.05) is 13.8 Å². The van der Waals surface area contributed by atoms with E-state index in [1.54, 1.807) is 42.5 Å². The van der Waals surface area contributed by atoms with Crippen LogP contribution in [0.5, 0.6) is 5.75 Å². The van der Waals surface area contributed by atoms with E-state index in [0.29, 0.717) is 17.1 Å². The molecule has 0 radical (unpaired) electrons. The molecule has 0 unspecified atom stereocenters. The fourth-order valence-electron chi connectivity index (χ4n) is 1.93. The van der Waals surface area contributed by atoms with Crippen LogP contribution in [-0.2, 0) is 0 Å². The number of para-hydroxylation sites is 1. The van der Waals surface area contributed by atoms with Crippen LogP contribution in [0.1, 0.15) is 13.8 Å². The Morgan fingerprint density at radius 3 is 2.57 bits per heavy atom. The molecule has 21 heavy (non-hydrogen) atoms. The van der Waals surface area contributed by atoms with Crippen molar-refractivity contribution in [3.05, 3.63) is 52.6 Å². The lowest BCUT2D eigenvalue weighted by atomic mass is 10.2. The summed E-state index contributed by atoms with van der Waals surface area (Å²) in [6.45, 7) is 3.64. The minimum atomic E-state index is -0.452. The summed E-state index contributed by atoms with van der Waals surface area (Å²) in [5.74, 6) is 0.240. The van der Waals surface area contributed by atoms with Gasteiger partial charge in [0.15, 0.2) is 5.75 Å². The summed E-state index contributed by atoms with van der Waals surface area (Å²) < 4.78 is 5.50. The number of nitrogens with one attached hydrogen (secondary N) is 1. The third-order valence-electron chi connectivity index (χ3n) is 2.71. The second-order valence-corrected chi connectivity index (χ2v) is 4.83. The first-order valence-electron chi connectivity index (χ1n) is 6.54. The van der Waals surface area contributed by atoms with Gasteiger partial charge in [-0.3, -0.25) is 10.1 Å². The Hall–Kier alpha value is -2.76. The van der Waals surface area contributed by atoms with Crippen molar-refractivity contribution in [1.82, 2.24) is 0 Å². The van der Waals surface area contributed by atoms with Crippen molar-refractivity contribution in [2.75, 3.05) is 11.1 Å². The Balaban J connectivity index is 2.41. The summed E-state index contributed by atoms with van der Waals surface area (Å²) in [4.78, 5) is 10.9. The van der Waals surface area contributed by atoms with Gasteiger partial charge in [-0.15, -0.1) is 0 Å². The number of nitro benzene ring substituents is 1. The first-order chi connectivity index (χ1) is 9.97. The van der Waals surface area contributed by atoms with Crippen LogP contribution < -0.4 is 15.8 Å². The molecule has 0 fully saturated rings. The molecule has 110 valence electrons. The van der Waals surface area contributed by atoms with E-state index in [0.717, 1.165) is 0 Å². The van der Waals surface area contributed by atoms with Crippen LogP contribution >= 0.6 is 0 Å². The van der Waals surface area contributed by atoms with E-state index in [1.165, 1.54) is 0 Å². The summed E-state index contributed by atoms with van der Waals surface area (Å²) >= 11 is 0. The van der Waals surface area contributed by atoms with Crippen molar-refractivity contribution < 1.29 is 9.66 Å². The molecule has 0 bridgehead atoms. The van der Waals surface area contributed by atoms with Gasteiger partial charge in [0.05, 0.1) is 11.0 Å². The average molecular weight is 287 g/mol. The number of nitrogen functional groups attached to an aromatic ring is 1. The third kappa shape index (κ3) is 3.62. The normalized spacial score (nSPS) is 10.4. The van der Waals surface area contributed by atoms with Crippen LogP contribution in [0.2, 0.25) is 0 Å². The first-order valence-corrected chi connectivity index (χ1v) is 6.54. The molecule has 6 nitrogen and oxygen atoms in total. The Bertz CT molecular complexity index is 656. The second kappa shape index (κ2) is 6.13. The van der Waals surface area contributed by atoms with Crippen molar-refractivity contribution >= 4 is 22.7 Å². The van der Waals surface area contributed by atoms with Crippen molar-refractivity contribution in [2.45, 2.75) is 20.0 Å². The third-order valence-corrected chi connectivity index (χ3v) is 2.71. The lowest BCUT2D eigenvalue weighted by Gasteiger charge is -2.13. The molecule has 6 heteroatoms. The van der Waals surface area contributed by atoms with Gasteiger partial charge in [-0.2, -0.15) is 0 Å². The van der Waals surface area contributed by atoms with Crippen LogP contribution in [0.15, 0.2) is 42.5 Å². The molecule has 3 N–H and O–H groups in total. The quantitative estimate of drug-likeness (QED) is 0.497. The lowest BCUT2D eigenvalue weighted by molar-refractivity contribution is -0.385. The maximum atomic E-state index is 11.3. The minimum Gasteiger partial charge on any atom is -0.484 e. The molecule has 2 aromatic carbocycles. The predicted molar refractivity (Wildman–Crippen MR) is 83.0 cm³/mol. The first kappa shape index (κ1) is 14.6. The van der Waals surface area contributed by atoms with E-state index in [2.05, 4.69) is 5.32 Å². The molecule has 0 spiro atoms. The highest BCUT2D eigenvalue weighted by atomic mass is 16.6. The highest BCUT2D eigenvalue weighted by Gasteiger charge is 2.21. The predicted octanol–water partition coefficient (Wildman–Crippen LogP) is 3.71. The molecule has 0 atom stereocenters. The maximum Gasteiger partial charge on any atom is 0.334 e. The van der Waals surface area contributed by atoms with Crippen LogP contribution in [0, 0.1) is 10.1 Å². The maximum absolute atomic E-state index is 11.3. The van der Waals surface area contributed by atoms with Crippen LogP contribution in [0.4, 0.5) is 22.7 Å². The van der Waals surface area contributed by atoms with E-state index >= 15 is 0 Å². The monoisotopic (exact) mass is 287 g/mol. The fraction of sp³-hybridized carbons (Fsp3) is 0.200. The number of ether oxygens (including phenoxy) is 1. The lowest BCUT2D eigenvalue weighted by Crippen LogP contribution is -2.08. The van der Waals surface area contributed by atoms with Gasteiger partial charge in [-0.05, 0) is 44.2 Å². The second-order valence-electron chi connectivity index (χ2n) is 4.83. The summed E-state index contributed by atoms with van der Waals surface area (Å²) in [7, 11) is 0. The summed E-state index contributed by atoms with van der Waals surface area (Å²) in [6.07, 6.45) is -0.147. The van der Waals surface area contributed by atoms with Crippen LogP contribution in [-0.4, -0.2) is 11.0 Å². The molecule has 0 saturated heterocycles. The number of nitrogens with two attached hydrogens (primary N) is 1. The SMILES string of the molecule is CC(C)Oc1cccc(Nc2cccc(N)c2)c1[N+](=O)[O-]. The molecule has 0 heterocycles. The standard InChI is InChI=1S/C15H17N3O3/c1-10(2)21-14-8-4-7-13(15(14)18(19)20)17-12-6-3-5-11(16)9-12/h3-10,17H,16H2,1-2H3. The zero-order chi connectivity index (χ0) is 15.4. The number of benzene rings is 2. The van der Waals surface area contributed by atoms with Crippen molar-refractivity contribution in [3.8, 4) is 5.75 Å². The van der Waals surface area contributed by atoms with E-state index in [9.17, 15) is 10.1 Å². The molecule has 0 aliphatic rings. The molecule has 2 rings (SSSR count). The minimum absolute atomic E-state index is 0.0892. The van der Waals surface area contributed by atoms with Gasteiger partial charge in [0.2, 0.25) is 0 Å².